The Hall–Kier alpha value is -0.820. The Morgan fingerprint density at radius 3 is 2.61 bits per heavy atom. The topological polar surface area (TPSA) is 44.4 Å². The molecule has 178 valence electrons. The van der Waals surface area contributed by atoms with Crippen LogP contribution < -0.4 is 10.6 Å². The summed E-state index contributed by atoms with van der Waals surface area (Å²) in [5, 5.41) is 7.91. The molecule has 1 aromatic carbocycles. The van der Waals surface area contributed by atoms with Gasteiger partial charge in [0.1, 0.15) is 0 Å². The van der Waals surface area contributed by atoms with Crippen molar-refractivity contribution in [3.8, 4) is 0 Å². The van der Waals surface area contributed by atoms with Gasteiger partial charge in [-0.1, -0.05) is 27.5 Å². The number of likely N-dealkylation sites (tertiary alicyclic amines) is 1. The Bertz CT molecular complexity index is 965. The molecule has 1 amide bonds. The van der Waals surface area contributed by atoms with E-state index in [9.17, 15) is 4.79 Å². The minimum Gasteiger partial charge on any atom is -0.383 e. The minimum absolute atomic E-state index is 0.284. The number of nitrogens with one attached hydrogen (secondary N) is 2. The number of aryl methyl sites for hydroxylation is 1. The molecule has 2 atom stereocenters. The smallest absolute Gasteiger partial charge is 0.222 e. The van der Waals surface area contributed by atoms with Crippen molar-refractivity contribution >= 4 is 49.4 Å². The number of fused-ring (bicyclic) bond motifs is 2. The lowest BCUT2D eigenvalue weighted by Crippen LogP contribution is -2.45. The maximum Gasteiger partial charge on any atom is 0.222 e. The second-order valence-corrected chi connectivity index (χ2v) is 12.2. The number of hydrogen-bond acceptors (Lipinski definition) is 3. The number of dihydropyridines is 1. The lowest BCUT2D eigenvalue weighted by Gasteiger charge is -2.41. The summed E-state index contributed by atoms with van der Waals surface area (Å²) < 4.78 is 2.23. The van der Waals surface area contributed by atoms with Gasteiger partial charge in [-0.15, -0.1) is 0 Å². The van der Waals surface area contributed by atoms with Gasteiger partial charge in [0, 0.05) is 45.6 Å². The summed E-state index contributed by atoms with van der Waals surface area (Å²) in [7, 11) is 0. The summed E-state index contributed by atoms with van der Waals surface area (Å²) in [6, 6.07) is 4.49. The van der Waals surface area contributed by atoms with Crippen LogP contribution in [-0.4, -0.2) is 43.0 Å². The second kappa shape index (κ2) is 10.4. The van der Waals surface area contributed by atoms with Crippen molar-refractivity contribution in [1.82, 2.24) is 15.5 Å². The second-order valence-electron chi connectivity index (χ2n) is 9.99. The molecular weight excluding hydrogens is 566 g/mol. The molecule has 7 heteroatoms. The van der Waals surface area contributed by atoms with Gasteiger partial charge in [-0.25, -0.2) is 0 Å². The van der Waals surface area contributed by atoms with Crippen molar-refractivity contribution in [2.75, 3.05) is 26.2 Å². The van der Waals surface area contributed by atoms with E-state index in [1.54, 1.807) is 0 Å². The molecule has 5 rings (SSSR count). The fourth-order valence-corrected chi connectivity index (χ4v) is 7.85. The molecule has 33 heavy (non-hydrogen) atoms. The fourth-order valence-electron chi connectivity index (χ4n) is 6.29. The van der Waals surface area contributed by atoms with Crippen molar-refractivity contribution in [2.24, 2.45) is 11.8 Å². The van der Waals surface area contributed by atoms with Crippen LogP contribution >= 0.6 is 43.5 Å². The fraction of sp³-hybridized carbons (Fsp3) is 0.577. The number of halogens is 3. The predicted octanol–water partition coefficient (Wildman–Crippen LogP) is 5.90. The van der Waals surface area contributed by atoms with E-state index < -0.39 is 0 Å². The van der Waals surface area contributed by atoms with E-state index in [0.717, 1.165) is 85.1 Å². The van der Waals surface area contributed by atoms with Crippen LogP contribution in [0.3, 0.4) is 0 Å². The summed E-state index contributed by atoms with van der Waals surface area (Å²) >= 11 is 14.0. The minimum atomic E-state index is 0.284. The lowest BCUT2D eigenvalue weighted by atomic mass is 9.73. The first-order valence-electron chi connectivity index (χ1n) is 12.3. The van der Waals surface area contributed by atoms with E-state index in [0.29, 0.717) is 23.7 Å². The molecule has 0 spiro atoms. The summed E-state index contributed by atoms with van der Waals surface area (Å²) in [4.78, 5) is 15.1. The molecule has 3 aliphatic heterocycles. The van der Waals surface area contributed by atoms with Crippen LogP contribution in [0.5, 0.6) is 0 Å². The molecule has 0 bridgehead atoms. The summed E-state index contributed by atoms with van der Waals surface area (Å²) in [5.41, 5.74) is 4.22. The number of allylic oxidation sites excluding steroid dienone is 2. The standard InChI is InChI=1S/C26H32Br2ClN3O/c27-20-12-19-2-1-18-13-21(29)14-22(28)24(18)25(26(19)31-15-20)17-5-9-32(10-6-17)23(33)11-16-3-7-30-8-4-16/h12-17,25-26,30-31H,1-11H2. The third kappa shape index (κ3) is 5.24. The molecule has 1 aliphatic carbocycles. The normalized spacial score (nSPS) is 26.5. The van der Waals surface area contributed by atoms with Gasteiger partial charge < -0.3 is 15.5 Å². The molecule has 2 N–H and O–H groups in total. The molecule has 4 aliphatic rings. The molecule has 0 saturated carbocycles. The van der Waals surface area contributed by atoms with E-state index in [1.807, 2.05) is 6.07 Å². The summed E-state index contributed by atoms with van der Waals surface area (Å²) in [6.07, 6.45) is 11.5. The Kier molecular flexibility index (Phi) is 7.55. The molecule has 4 nitrogen and oxygen atoms in total. The molecular formula is C26H32Br2ClN3O. The number of benzene rings is 1. The molecule has 2 unspecified atom stereocenters. The largest absolute Gasteiger partial charge is 0.383 e. The third-order valence-corrected chi connectivity index (χ3v) is 9.33. The Morgan fingerprint density at radius 2 is 1.85 bits per heavy atom. The highest BCUT2D eigenvalue weighted by atomic mass is 79.9. The average Bonchev–Trinajstić information content (AvgIpc) is 2.96. The number of piperidine rings is 2. The van der Waals surface area contributed by atoms with Crippen molar-refractivity contribution in [1.29, 1.82) is 0 Å². The molecule has 1 aromatic rings. The van der Waals surface area contributed by atoms with Crippen LogP contribution in [-0.2, 0) is 11.2 Å². The zero-order valence-electron chi connectivity index (χ0n) is 18.9. The first-order valence-corrected chi connectivity index (χ1v) is 14.2. The van der Waals surface area contributed by atoms with Gasteiger partial charge in [-0.3, -0.25) is 4.79 Å². The van der Waals surface area contributed by atoms with E-state index in [2.05, 4.69) is 65.7 Å². The van der Waals surface area contributed by atoms with Gasteiger partial charge in [-0.05, 0) is 114 Å². The quantitative estimate of drug-likeness (QED) is 0.457. The molecule has 2 saturated heterocycles. The van der Waals surface area contributed by atoms with Gasteiger partial charge >= 0.3 is 0 Å². The van der Waals surface area contributed by atoms with Gasteiger partial charge in [0.2, 0.25) is 5.91 Å². The number of carbonyl (C=O) groups is 1. The van der Waals surface area contributed by atoms with E-state index in [4.69, 9.17) is 11.6 Å². The van der Waals surface area contributed by atoms with Crippen molar-refractivity contribution in [3.05, 3.63) is 55.1 Å². The predicted molar refractivity (Wildman–Crippen MR) is 142 cm³/mol. The maximum atomic E-state index is 13.0. The Balaban J connectivity index is 1.35. The zero-order valence-corrected chi connectivity index (χ0v) is 22.8. The van der Waals surface area contributed by atoms with Gasteiger partial charge in [0.05, 0.1) is 6.04 Å². The molecule has 0 radical (unpaired) electrons. The number of rotatable bonds is 3. The van der Waals surface area contributed by atoms with Crippen molar-refractivity contribution in [2.45, 2.75) is 56.9 Å². The van der Waals surface area contributed by atoms with Crippen LogP contribution in [0.1, 0.15) is 55.6 Å². The highest BCUT2D eigenvalue weighted by molar-refractivity contribution is 9.12. The first kappa shape index (κ1) is 23.9. The average molecular weight is 598 g/mol. The lowest BCUT2D eigenvalue weighted by molar-refractivity contribution is -0.133. The highest BCUT2D eigenvalue weighted by Crippen LogP contribution is 2.47. The monoisotopic (exact) mass is 595 g/mol. The molecule has 3 heterocycles. The number of amides is 1. The third-order valence-electron chi connectivity index (χ3n) is 8.00. The van der Waals surface area contributed by atoms with Crippen LogP contribution in [0.4, 0.5) is 0 Å². The molecule has 0 aromatic heterocycles. The van der Waals surface area contributed by atoms with Crippen molar-refractivity contribution in [3.63, 3.8) is 0 Å². The van der Waals surface area contributed by atoms with Gasteiger partial charge in [-0.2, -0.15) is 0 Å². The maximum absolute atomic E-state index is 13.0. The SMILES string of the molecule is O=C(CC1CCNCC1)N1CCC(C2c3c(Br)cc(Cl)cc3CCC3=CC(Br)=CNC32)CC1. The Morgan fingerprint density at radius 1 is 1.09 bits per heavy atom. The number of nitrogens with zero attached hydrogens (tertiary/aromatic N) is 1. The first-order chi connectivity index (χ1) is 16.0. The van der Waals surface area contributed by atoms with Crippen LogP contribution in [0.2, 0.25) is 5.02 Å². The zero-order chi connectivity index (χ0) is 22.9. The van der Waals surface area contributed by atoms with Crippen LogP contribution in [0.25, 0.3) is 0 Å². The Labute approximate surface area is 218 Å². The van der Waals surface area contributed by atoms with Gasteiger partial charge in [0.25, 0.3) is 0 Å². The van der Waals surface area contributed by atoms with Gasteiger partial charge in [0.15, 0.2) is 0 Å². The van der Waals surface area contributed by atoms with E-state index >= 15 is 0 Å². The highest BCUT2D eigenvalue weighted by Gasteiger charge is 2.40. The van der Waals surface area contributed by atoms with Crippen LogP contribution in [0.15, 0.2) is 38.9 Å². The van der Waals surface area contributed by atoms with E-state index in [-0.39, 0.29) is 6.04 Å². The molecule has 2 fully saturated rings. The number of hydrogen-bond donors (Lipinski definition) is 2. The summed E-state index contributed by atoms with van der Waals surface area (Å²) in [5.74, 6) is 1.79. The van der Waals surface area contributed by atoms with E-state index in [1.165, 1.54) is 16.7 Å². The number of carbonyl (C=O) groups excluding carboxylic acids is 1. The van der Waals surface area contributed by atoms with Crippen LogP contribution in [0, 0.1) is 11.8 Å². The van der Waals surface area contributed by atoms with Crippen molar-refractivity contribution < 1.29 is 4.79 Å². The summed E-state index contributed by atoms with van der Waals surface area (Å²) in [6.45, 7) is 3.84.